The summed E-state index contributed by atoms with van der Waals surface area (Å²) < 4.78 is 0. The number of aromatic amines is 1. The van der Waals surface area contributed by atoms with Gasteiger partial charge in [0.05, 0.1) is 11.9 Å². The van der Waals surface area contributed by atoms with Crippen LogP contribution in [0.1, 0.15) is 18.1 Å². The van der Waals surface area contributed by atoms with E-state index in [0.717, 1.165) is 17.8 Å². The van der Waals surface area contributed by atoms with E-state index < -0.39 is 5.56 Å². The van der Waals surface area contributed by atoms with Crippen LogP contribution in [0.15, 0.2) is 64.5 Å². The van der Waals surface area contributed by atoms with Crippen LogP contribution >= 0.6 is 0 Å². The lowest BCUT2D eigenvalue weighted by molar-refractivity contribution is 0.968. The quantitative estimate of drug-likeness (QED) is 0.511. The summed E-state index contributed by atoms with van der Waals surface area (Å²) in [4.78, 5) is 21.2. The second-order valence-corrected chi connectivity index (χ2v) is 6.09. The predicted octanol–water partition coefficient (Wildman–Crippen LogP) is 3.21. The van der Waals surface area contributed by atoms with Crippen molar-refractivity contribution in [3.05, 3.63) is 76.1 Å². The predicted molar refractivity (Wildman–Crippen MR) is 112 cm³/mol. The minimum Gasteiger partial charge on any atom is -0.375 e. The Kier molecular flexibility index (Phi) is 5.82. The van der Waals surface area contributed by atoms with Crippen molar-refractivity contribution in [3.63, 3.8) is 0 Å². The molecule has 28 heavy (non-hydrogen) atoms. The number of H-pyrrole nitrogens is 1. The molecule has 0 atom stereocenters. The summed E-state index contributed by atoms with van der Waals surface area (Å²) in [5.74, 6) is 0.168. The van der Waals surface area contributed by atoms with Crippen molar-refractivity contribution in [3.8, 4) is 17.3 Å². The van der Waals surface area contributed by atoms with Crippen LogP contribution in [0, 0.1) is 11.3 Å². The van der Waals surface area contributed by atoms with Crippen LogP contribution in [0.5, 0.6) is 0 Å². The molecule has 2 aromatic carbocycles. The first-order chi connectivity index (χ1) is 13.6. The molecule has 140 valence electrons. The van der Waals surface area contributed by atoms with E-state index in [2.05, 4.69) is 32.3 Å². The van der Waals surface area contributed by atoms with Gasteiger partial charge in [0.1, 0.15) is 11.6 Å². The number of hydrazone groups is 1. The van der Waals surface area contributed by atoms with E-state index in [1.54, 1.807) is 18.3 Å². The topological polar surface area (TPSA) is 97.2 Å². The summed E-state index contributed by atoms with van der Waals surface area (Å²) in [5.41, 5.74) is 5.21. The summed E-state index contributed by atoms with van der Waals surface area (Å²) in [5, 5.41) is 13.4. The first kappa shape index (κ1) is 18.9. The highest BCUT2D eigenvalue weighted by atomic mass is 16.1. The van der Waals surface area contributed by atoms with Crippen molar-refractivity contribution in [1.29, 1.82) is 5.26 Å². The number of hydrogen-bond donors (Lipinski definition) is 2. The molecule has 7 nitrogen and oxygen atoms in total. The van der Waals surface area contributed by atoms with Gasteiger partial charge in [-0.2, -0.15) is 10.4 Å². The monoisotopic (exact) mass is 372 g/mol. The molecule has 0 unspecified atom stereocenters. The highest BCUT2D eigenvalue weighted by Gasteiger charge is 2.12. The summed E-state index contributed by atoms with van der Waals surface area (Å²) in [7, 11) is 2.03. The van der Waals surface area contributed by atoms with Crippen LogP contribution in [0.3, 0.4) is 0 Å². The Bertz CT molecular complexity index is 1060. The van der Waals surface area contributed by atoms with Crippen LogP contribution in [-0.2, 0) is 0 Å². The van der Waals surface area contributed by atoms with Crippen LogP contribution in [0.2, 0.25) is 0 Å². The van der Waals surface area contributed by atoms with Gasteiger partial charge in [0.25, 0.3) is 5.56 Å². The second-order valence-electron chi connectivity index (χ2n) is 6.09. The molecule has 0 saturated heterocycles. The summed E-state index contributed by atoms with van der Waals surface area (Å²) in [6.45, 7) is 3.02. The van der Waals surface area contributed by atoms with E-state index in [4.69, 9.17) is 0 Å². The maximum absolute atomic E-state index is 12.2. The largest absolute Gasteiger partial charge is 0.375 e. The minimum atomic E-state index is -0.513. The van der Waals surface area contributed by atoms with E-state index in [-0.39, 0.29) is 11.5 Å². The van der Waals surface area contributed by atoms with Gasteiger partial charge in [-0.05, 0) is 24.6 Å². The molecule has 0 saturated carbocycles. The number of aromatic nitrogens is 2. The Morgan fingerprint density at radius 2 is 1.93 bits per heavy atom. The third-order valence-electron chi connectivity index (χ3n) is 4.27. The van der Waals surface area contributed by atoms with Crippen LogP contribution < -0.4 is 15.9 Å². The zero-order valence-electron chi connectivity index (χ0n) is 15.7. The first-order valence-corrected chi connectivity index (χ1v) is 8.82. The molecule has 0 bridgehead atoms. The molecule has 1 aromatic heterocycles. The fraction of sp³-hybridized carbons (Fsp3) is 0.143. The fourth-order valence-electron chi connectivity index (χ4n) is 2.60. The van der Waals surface area contributed by atoms with Crippen molar-refractivity contribution in [2.75, 3.05) is 23.9 Å². The number of nitriles is 1. The van der Waals surface area contributed by atoms with Crippen molar-refractivity contribution >= 4 is 17.9 Å². The number of nitrogens with zero attached hydrogens (tertiary/aromatic N) is 4. The van der Waals surface area contributed by atoms with Gasteiger partial charge >= 0.3 is 0 Å². The average Bonchev–Trinajstić information content (AvgIpc) is 2.74. The van der Waals surface area contributed by atoms with E-state index in [1.807, 2.05) is 55.6 Å². The number of benzene rings is 2. The third-order valence-corrected chi connectivity index (χ3v) is 4.27. The van der Waals surface area contributed by atoms with Gasteiger partial charge in [0.15, 0.2) is 0 Å². The van der Waals surface area contributed by atoms with Crippen molar-refractivity contribution < 1.29 is 0 Å². The first-order valence-electron chi connectivity index (χ1n) is 8.82. The molecule has 0 amide bonds. The van der Waals surface area contributed by atoms with Gasteiger partial charge in [-0.15, -0.1) is 0 Å². The molecule has 7 heteroatoms. The van der Waals surface area contributed by atoms with Crippen molar-refractivity contribution in [1.82, 2.24) is 9.97 Å². The lowest BCUT2D eigenvalue weighted by Crippen LogP contribution is -2.16. The molecular weight excluding hydrogens is 352 g/mol. The Hall–Kier alpha value is -3.92. The molecule has 1 heterocycles. The standard InChI is InChI=1S/C21H20N6O/c1-3-27(2)17-11-9-15(10-12-17)14-23-26-21-24-19(16-7-5-4-6-8-16)18(13-22)20(28)25-21/h4-12,14H,3H2,1-2H3,(H2,24,25,26,28). The Morgan fingerprint density at radius 1 is 1.21 bits per heavy atom. The third kappa shape index (κ3) is 4.24. The maximum Gasteiger partial charge on any atom is 0.270 e. The van der Waals surface area contributed by atoms with Crippen molar-refractivity contribution in [2.24, 2.45) is 5.10 Å². The summed E-state index contributed by atoms with van der Waals surface area (Å²) in [6, 6.07) is 18.9. The molecule has 0 radical (unpaired) electrons. The Balaban J connectivity index is 1.81. The highest BCUT2D eigenvalue weighted by molar-refractivity contribution is 5.80. The van der Waals surface area contributed by atoms with Crippen molar-refractivity contribution in [2.45, 2.75) is 6.92 Å². The Labute approximate surface area is 163 Å². The fourth-order valence-corrected chi connectivity index (χ4v) is 2.60. The smallest absolute Gasteiger partial charge is 0.270 e. The van der Waals surface area contributed by atoms with Gasteiger partial charge in [-0.3, -0.25) is 9.78 Å². The normalized spacial score (nSPS) is 10.6. The maximum atomic E-state index is 12.2. The SMILES string of the molecule is CCN(C)c1ccc(C=NNc2nc(-c3ccccc3)c(C#N)c(=O)[nH]2)cc1. The molecule has 2 N–H and O–H groups in total. The molecule has 0 aliphatic rings. The molecule has 3 rings (SSSR count). The van der Waals surface area contributed by atoms with Crippen LogP contribution in [0.4, 0.5) is 11.6 Å². The van der Waals surface area contributed by atoms with Gasteiger partial charge in [0, 0.05) is 24.8 Å². The van der Waals surface area contributed by atoms with Gasteiger partial charge in [-0.25, -0.2) is 10.4 Å². The van der Waals surface area contributed by atoms with Crippen LogP contribution in [0.25, 0.3) is 11.3 Å². The van der Waals surface area contributed by atoms with E-state index in [0.29, 0.717) is 11.3 Å². The summed E-state index contributed by atoms with van der Waals surface area (Å²) in [6.07, 6.45) is 1.64. The van der Waals surface area contributed by atoms with E-state index in [9.17, 15) is 10.1 Å². The van der Waals surface area contributed by atoms with Gasteiger partial charge in [-0.1, -0.05) is 42.5 Å². The van der Waals surface area contributed by atoms with Crippen LogP contribution in [-0.4, -0.2) is 29.8 Å². The number of hydrogen-bond acceptors (Lipinski definition) is 6. The number of nitrogens with one attached hydrogen (secondary N) is 2. The average molecular weight is 372 g/mol. The molecule has 3 aromatic rings. The summed E-state index contributed by atoms with van der Waals surface area (Å²) >= 11 is 0. The van der Waals surface area contributed by atoms with E-state index >= 15 is 0 Å². The van der Waals surface area contributed by atoms with Gasteiger partial charge < -0.3 is 4.90 Å². The molecule has 0 spiro atoms. The zero-order valence-corrected chi connectivity index (χ0v) is 15.7. The minimum absolute atomic E-state index is 0.0311. The molecule has 0 aliphatic heterocycles. The highest BCUT2D eigenvalue weighted by Crippen LogP contribution is 2.19. The molecule has 0 fully saturated rings. The lowest BCUT2D eigenvalue weighted by atomic mass is 10.1. The zero-order chi connectivity index (χ0) is 19.9. The second kappa shape index (κ2) is 8.64. The molecule has 0 aliphatic carbocycles. The van der Waals surface area contributed by atoms with Gasteiger partial charge in [0.2, 0.25) is 5.95 Å². The Morgan fingerprint density at radius 3 is 2.57 bits per heavy atom. The molecular formula is C21H20N6O. The lowest BCUT2D eigenvalue weighted by Gasteiger charge is -2.16. The number of anilines is 2. The number of rotatable bonds is 6. The van der Waals surface area contributed by atoms with E-state index in [1.165, 1.54) is 0 Å².